The van der Waals surface area contributed by atoms with Crippen molar-refractivity contribution in [1.29, 1.82) is 0 Å². The summed E-state index contributed by atoms with van der Waals surface area (Å²) in [6.07, 6.45) is 5.05. The monoisotopic (exact) mass is 264 g/mol. The van der Waals surface area contributed by atoms with Gasteiger partial charge in [0.2, 0.25) is 0 Å². The molecule has 0 heterocycles. The summed E-state index contributed by atoms with van der Waals surface area (Å²) >= 11 is 0. The minimum Gasteiger partial charge on any atom is -0.494 e. The summed E-state index contributed by atoms with van der Waals surface area (Å²) in [5.41, 5.74) is 0.799. The van der Waals surface area contributed by atoms with E-state index in [4.69, 9.17) is 4.74 Å². The number of unbranched alkanes of at least 4 members (excludes halogenated alkanes) is 3. The Morgan fingerprint density at radius 3 is 2.58 bits per heavy atom. The third kappa shape index (κ3) is 4.93. The molecule has 106 valence electrons. The van der Waals surface area contributed by atoms with Crippen LogP contribution in [0.5, 0.6) is 5.75 Å². The Labute approximate surface area is 115 Å². The van der Waals surface area contributed by atoms with E-state index in [1.165, 1.54) is 6.42 Å². The maximum Gasteiger partial charge on any atom is 0.311 e. The van der Waals surface area contributed by atoms with Gasteiger partial charge in [-0.2, -0.15) is 0 Å². The predicted molar refractivity (Wildman–Crippen MR) is 76.7 cm³/mol. The van der Waals surface area contributed by atoms with Gasteiger partial charge < -0.3 is 9.84 Å². The molecule has 3 nitrogen and oxygen atoms in total. The highest BCUT2D eigenvalue weighted by atomic mass is 16.5. The Morgan fingerprint density at radius 2 is 1.95 bits per heavy atom. The highest BCUT2D eigenvalue weighted by molar-refractivity contribution is 5.77. The number of carboxylic acids is 1. The van der Waals surface area contributed by atoms with E-state index in [-0.39, 0.29) is 0 Å². The van der Waals surface area contributed by atoms with Gasteiger partial charge >= 0.3 is 5.97 Å². The molecule has 0 fully saturated rings. The van der Waals surface area contributed by atoms with Crippen LogP contribution in [0.1, 0.15) is 57.4 Å². The van der Waals surface area contributed by atoms with Crippen LogP contribution in [0.2, 0.25) is 0 Å². The van der Waals surface area contributed by atoms with E-state index < -0.39 is 11.9 Å². The third-order valence-electron chi connectivity index (χ3n) is 3.24. The van der Waals surface area contributed by atoms with Crippen LogP contribution in [-0.4, -0.2) is 17.7 Å². The maximum absolute atomic E-state index is 11.5. The van der Waals surface area contributed by atoms with Gasteiger partial charge in [0.25, 0.3) is 0 Å². The van der Waals surface area contributed by atoms with Gasteiger partial charge in [0.1, 0.15) is 5.75 Å². The normalized spacial score (nSPS) is 12.1. The highest BCUT2D eigenvalue weighted by Gasteiger charge is 2.22. The van der Waals surface area contributed by atoms with Crippen molar-refractivity contribution in [2.45, 2.75) is 51.9 Å². The Hall–Kier alpha value is -1.51. The van der Waals surface area contributed by atoms with Gasteiger partial charge in [-0.3, -0.25) is 4.79 Å². The van der Waals surface area contributed by atoms with Gasteiger partial charge in [-0.05, 0) is 19.4 Å². The summed E-state index contributed by atoms with van der Waals surface area (Å²) < 4.78 is 5.53. The van der Waals surface area contributed by atoms with Gasteiger partial charge in [-0.1, -0.05) is 50.8 Å². The fourth-order valence-electron chi connectivity index (χ4n) is 2.24. The molecule has 1 atom stereocenters. The fourth-order valence-corrected chi connectivity index (χ4v) is 2.24. The Balaban J connectivity index is 2.77. The van der Waals surface area contributed by atoms with Crippen molar-refractivity contribution in [3.05, 3.63) is 29.8 Å². The maximum atomic E-state index is 11.5. The van der Waals surface area contributed by atoms with Crippen molar-refractivity contribution >= 4 is 5.97 Å². The van der Waals surface area contributed by atoms with Crippen LogP contribution in [0.15, 0.2) is 24.3 Å². The van der Waals surface area contributed by atoms with E-state index in [1.807, 2.05) is 31.2 Å². The van der Waals surface area contributed by atoms with Crippen molar-refractivity contribution in [1.82, 2.24) is 0 Å². The molecule has 0 saturated heterocycles. The Bertz CT molecular complexity index is 387. The number of hydrogen-bond donors (Lipinski definition) is 1. The van der Waals surface area contributed by atoms with E-state index in [2.05, 4.69) is 6.92 Å². The van der Waals surface area contributed by atoms with Gasteiger partial charge in [0.15, 0.2) is 0 Å². The van der Waals surface area contributed by atoms with Crippen LogP contribution in [-0.2, 0) is 4.79 Å². The molecule has 1 unspecified atom stereocenters. The number of para-hydroxylation sites is 1. The van der Waals surface area contributed by atoms with E-state index in [1.54, 1.807) is 0 Å². The first kappa shape index (κ1) is 15.5. The largest absolute Gasteiger partial charge is 0.494 e. The molecule has 0 aliphatic rings. The SMILES string of the molecule is CCCCCCC(C(=O)O)c1ccccc1OCC. The number of aliphatic carboxylic acids is 1. The summed E-state index contributed by atoms with van der Waals surface area (Å²) in [6, 6.07) is 7.47. The summed E-state index contributed by atoms with van der Waals surface area (Å²) in [7, 11) is 0. The average molecular weight is 264 g/mol. The highest BCUT2D eigenvalue weighted by Crippen LogP contribution is 2.30. The summed E-state index contributed by atoms with van der Waals surface area (Å²) in [5.74, 6) is -0.517. The minimum absolute atomic E-state index is 0.459. The molecular weight excluding hydrogens is 240 g/mol. The molecule has 0 radical (unpaired) electrons. The average Bonchev–Trinajstić information content (AvgIpc) is 2.40. The number of carboxylic acid groups (broad SMARTS) is 1. The van der Waals surface area contributed by atoms with Crippen LogP contribution >= 0.6 is 0 Å². The quantitative estimate of drug-likeness (QED) is 0.679. The van der Waals surface area contributed by atoms with Crippen molar-refractivity contribution < 1.29 is 14.6 Å². The predicted octanol–water partition coefficient (Wildman–Crippen LogP) is 4.22. The molecule has 19 heavy (non-hydrogen) atoms. The standard InChI is InChI=1S/C16H24O3/c1-3-5-6-7-11-14(16(17)18)13-10-8-9-12-15(13)19-4-2/h8-10,12,14H,3-7,11H2,1-2H3,(H,17,18). The van der Waals surface area contributed by atoms with Crippen LogP contribution in [0.25, 0.3) is 0 Å². The first-order valence-electron chi connectivity index (χ1n) is 7.15. The summed E-state index contributed by atoms with van der Waals surface area (Å²) in [6.45, 7) is 4.62. The second-order valence-corrected chi connectivity index (χ2v) is 4.71. The van der Waals surface area contributed by atoms with E-state index in [0.29, 0.717) is 18.8 Å². The molecule has 0 saturated carbocycles. The lowest BCUT2D eigenvalue weighted by atomic mass is 9.92. The lowest BCUT2D eigenvalue weighted by molar-refractivity contribution is -0.139. The van der Waals surface area contributed by atoms with E-state index in [9.17, 15) is 9.90 Å². The smallest absolute Gasteiger partial charge is 0.311 e. The second-order valence-electron chi connectivity index (χ2n) is 4.71. The van der Waals surface area contributed by atoms with Crippen LogP contribution < -0.4 is 4.74 Å². The molecule has 0 amide bonds. The molecule has 1 aromatic rings. The minimum atomic E-state index is -0.761. The molecule has 0 aromatic heterocycles. The number of ether oxygens (including phenoxy) is 1. The molecular formula is C16H24O3. The number of hydrogen-bond acceptors (Lipinski definition) is 2. The van der Waals surface area contributed by atoms with E-state index in [0.717, 1.165) is 24.8 Å². The topological polar surface area (TPSA) is 46.5 Å². The Kier molecular flexibility index (Phi) is 7.01. The van der Waals surface area contributed by atoms with Gasteiger partial charge in [0.05, 0.1) is 12.5 Å². The van der Waals surface area contributed by atoms with Gasteiger partial charge in [-0.25, -0.2) is 0 Å². The summed E-state index contributed by atoms with van der Waals surface area (Å²) in [4.78, 5) is 11.5. The first-order chi connectivity index (χ1) is 9.20. The van der Waals surface area contributed by atoms with Crippen LogP contribution in [0.4, 0.5) is 0 Å². The van der Waals surface area contributed by atoms with Crippen LogP contribution in [0, 0.1) is 0 Å². The van der Waals surface area contributed by atoms with Crippen molar-refractivity contribution in [3.63, 3.8) is 0 Å². The molecule has 1 aromatic carbocycles. The number of carbonyl (C=O) groups is 1. The molecule has 3 heteroatoms. The molecule has 0 bridgehead atoms. The zero-order valence-electron chi connectivity index (χ0n) is 11.9. The zero-order chi connectivity index (χ0) is 14.1. The Morgan fingerprint density at radius 1 is 1.21 bits per heavy atom. The number of benzene rings is 1. The van der Waals surface area contributed by atoms with Crippen molar-refractivity contribution in [2.24, 2.45) is 0 Å². The molecule has 1 N–H and O–H groups in total. The van der Waals surface area contributed by atoms with E-state index >= 15 is 0 Å². The third-order valence-corrected chi connectivity index (χ3v) is 3.24. The van der Waals surface area contributed by atoms with Crippen molar-refractivity contribution in [2.75, 3.05) is 6.61 Å². The fraction of sp³-hybridized carbons (Fsp3) is 0.562. The molecule has 0 aliphatic heterocycles. The zero-order valence-corrected chi connectivity index (χ0v) is 11.9. The lowest BCUT2D eigenvalue weighted by Crippen LogP contribution is -2.13. The van der Waals surface area contributed by atoms with Crippen LogP contribution in [0.3, 0.4) is 0 Å². The number of rotatable bonds is 9. The van der Waals surface area contributed by atoms with Crippen molar-refractivity contribution in [3.8, 4) is 5.75 Å². The first-order valence-corrected chi connectivity index (χ1v) is 7.15. The lowest BCUT2D eigenvalue weighted by Gasteiger charge is -2.16. The molecule has 1 rings (SSSR count). The van der Waals surface area contributed by atoms with Gasteiger partial charge in [0, 0.05) is 5.56 Å². The van der Waals surface area contributed by atoms with Gasteiger partial charge in [-0.15, -0.1) is 0 Å². The molecule has 0 aliphatic carbocycles. The second kappa shape index (κ2) is 8.57. The summed E-state index contributed by atoms with van der Waals surface area (Å²) in [5, 5.41) is 9.42. The molecule has 0 spiro atoms.